The molecule has 0 amide bonds. The molecule has 0 spiro atoms. The highest BCUT2D eigenvalue weighted by molar-refractivity contribution is 6.11. The molecule has 5 heteroatoms. The molecule has 0 fully saturated rings. The second-order valence-electron chi connectivity index (χ2n) is 14.9. The van der Waals surface area contributed by atoms with E-state index in [1.165, 1.54) is 134 Å². The first-order valence-corrected chi connectivity index (χ1v) is 20.9. The number of furan rings is 1. The predicted octanol–water partition coefficient (Wildman–Crippen LogP) is 13.8. The summed E-state index contributed by atoms with van der Waals surface area (Å²) in [6.07, 6.45) is 33.4. The van der Waals surface area contributed by atoms with Crippen LogP contribution < -0.4 is 14.2 Å². The van der Waals surface area contributed by atoms with Gasteiger partial charge in [0.05, 0.1) is 32.8 Å². The summed E-state index contributed by atoms with van der Waals surface area (Å²) < 4.78 is 24.5. The zero-order valence-electron chi connectivity index (χ0n) is 33.0. The Morgan fingerprint density at radius 1 is 0.520 bits per heavy atom. The largest absolute Gasteiger partial charge is 0.493 e. The van der Waals surface area contributed by atoms with Crippen LogP contribution in [0.3, 0.4) is 0 Å². The van der Waals surface area contributed by atoms with Crippen molar-refractivity contribution in [2.75, 3.05) is 21.3 Å². The Morgan fingerprint density at radius 2 is 0.960 bits per heavy atom. The fourth-order valence-corrected chi connectivity index (χ4v) is 7.73. The van der Waals surface area contributed by atoms with Gasteiger partial charge < -0.3 is 23.7 Å². The summed E-state index contributed by atoms with van der Waals surface area (Å²) in [5.41, 5.74) is 3.97. The highest BCUT2D eigenvalue weighted by atomic mass is 16.5. The van der Waals surface area contributed by atoms with Crippen LogP contribution in [-0.2, 0) is 12.8 Å². The highest BCUT2D eigenvalue weighted by Crippen LogP contribution is 2.47. The normalized spacial score (nSPS) is 12.3. The second kappa shape index (κ2) is 25.5. The minimum absolute atomic E-state index is 0.120. The number of unbranched alkanes of at least 4 members (excludes halogenated alkanes) is 20. The van der Waals surface area contributed by atoms with Crippen molar-refractivity contribution in [3.63, 3.8) is 0 Å². The summed E-state index contributed by atoms with van der Waals surface area (Å²) in [7, 11) is 5.22. The zero-order valence-corrected chi connectivity index (χ0v) is 33.0. The van der Waals surface area contributed by atoms with Gasteiger partial charge in [0.15, 0.2) is 22.8 Å². The van der Waals surface area contributed by atoms with E-state index in [9.17, 15) is 5.11 Å². The molecule has 0 aliphatic heterocycles. The van der Waals surface area contributed by atoms with Gasteiger partial charge in [-0.25, -0.2) is 0 Å². The van der Waals surface area contributed by atoms with Gasteiger partial charge in [-0.15, -0.1) is 0 Å². The molecule has 5 nitrogen and oxygen atoms in total. The minimum atomic E-state index is -0.120. The first kappa shape index (κ1) is 42.0. The van der Waals surface area contributed by atoms with Gasteiger partial charge in [-0.3, -0.25) is 0 Å². The molecule has 3 aromatic rings. The molecule has 1 atom stereocenters. The number of aliphatic hydroxyl groups is 1. The Labute approximate surface area is 306 Å². The van der Waals surface area contributed by atoms with Crippen molar-refractivity contribution in [1.82, 2.24) is 0 Å². The first-order chi connectivity index (χ1) is 24.6. The molecule has 1 aromatic heterocycles. The quantitative estimate of drug-likeness (QED) is 0.0679. The molecule has 0 bridgehead atoms. The SMILES string of the molecule is CCCCCCCCCCCCCCCc1cc2oc3c(OC)c(CCCCCCCC(O)CCCCCCC)ccc3c2c(OC)c1OC. The number of aryl methyl sites for hydroxylation is 2. The molecule has 1 heterocycles. The summed E-state index contributed by atoms with van der Waals surface area (Å²) in [5.74, 6) is 2.41. The van der Waals surface area contributed by atoms with E-state index in [2.05, 4.69) is 32.0 Å². The summed E-state index contributed by atoms with van der Waals surface area (Å²) in [5, 5.41) is 12.3. The number of aliphatic hydroxyl groups excluding tert-OH is 1. The Kier molecular flexibility index (Phi) is 21.5. The van der Waals surface area contributed by atoms with Crippen LogP contribution in [0.1, 0.15) is 185 Å². The number of benzene rings is 2. The van der Waals surface area contributed by atoms with Crippen LogP contribution in [0, 0.1) is 0 Å². The summed E-state index contributed by atoms with van der Waals surface area (Å²) in [6.45, 7) is 4.53. The van der Waals surface area contributed by atoms with Crippen LogP contribution in [0.5, 0.6) is 17.2 Å². The van der Waals surface area contributed by atoms with Gasteiger partial charge in [-0.05, 0) is 56.2 Å². The Balaban J connectivity index is 1.49. The third kappa shape index (κ3) is 14.0. The predicted molar refractivity (Wildman–Crippen MR) is 214 cm³/mol. The lowest BCUT2D eigenvalue weighted by Crippen LogP contribution is -2.05. The average molecular weight is 695 g/mol. The van der Waals surface area contributed by atoms with Crippen molar-refractivity contribution in [2.24, 2.45) is 0 Å². The molecule has 0 aliphatic carbocycles. The molecule has 0 radical (unpaired) electrons. The van der Waals surface area contributed by atoms with Crippen molar-refractivity contribution < 1.29 is 23.7 Å². The van der Waals surface area contributed by atoms with Crippen LogP contribution in [0.2, 0.25) is 0 Å². The van der Waals surface area contributed by atoms with E-state index >= 15 is 0 Å². The number of rotatable bonds is 31. The first-order valence-electron chi connectivity index (χ1n) is 20.9. The van der Waals surface area contributed by atoms with E-state index in [0.717, 1.165) is 89.7 Å². The molecular formula is C45H74O5. The molecule has 3 rings (SSSR count). The second-order valence-corrected chi connectivity index (χ2v) is 14.9. The van der Waals surface area contributed by atoms with Crippen LogP contribution >= 0.6 is 0 Å². The lowest BCUT2D eigenvalue weighted by Gasteiger charge is -2.14. The van der Waals surface area contributed by atoms with Crippen LogP contribution in [0.25, 0.3) is 21.9 Å². The molecule has 0 saturated carbocycles. The number of hydrogen-bond acceptors (Lipinski definition) is 5. The Morgan fingerprint density at radius 3 is 1.44 bits per heavy atom. The van der Waals surface area contributed by atoms with Gasteiger partial charge in [-0.1, -0.05) is 155 Å². The van der Waals surface area contributed by atoms with Gasteiger partial charge in [0.25, 0.3) is 0 Å². The van der Waals surface area contributed by atoms with Crippen molar-refractivity contribution >= 4 is 21.9 Å². The lowest BCUT2D eigenvalue weighted by molar-refractivity contribution is 0.147. The molecule has 2 aromatic carbocycles. The maximum Gasteiger partial charge on any atom is 0.177 e. The fraction of sp³-hybridized carbons (Fsp3) is 0.733. The number of fused-ring (bicyclic) bond motifs is 3. The monoisotopic (exact) mass is 695 g/mol. The molecule has 1 unspecified atom stereocenters. The highest BCUT2D eigenvalue weighted by Gasteiger charge is 2.23. The van der Waals surface area contributed by atoms with E-state index in [0.29, 0.717) is 0 Å². The zero-order chi connectivity index (χ0) is 35.8. The Hall–Kier alpha value is -2.40. The summed E-state index contributed by atoms with van der Waals surface area (Å²) in [4.78, 5) is 0. The molecule has 0 saturated heterocycles. The van der Waals surface area contributed by atoms with E-state index in [-0.39, 0.29) is 6.10 Å². The van der Waals surface area contributed by atoms with Crippen LogP contribution in [0.15, 0.2) is 22.6 Å². The Bertz CT molecular complexity index is 1310. The number of methoxy groups -OCH3 is 3. The maximum absolute atomic E-state index is 10.3. The van der Waals surface area contributed by atoms with Crippen molar-refractivity contribution in [3.05, 3.63) is 29.3 Å². The fourth-order valence-electron chi connectivity index (χ4n) is 7.73. The third-order valence-corrected chi connectivity index (χ3v) is 10.7. The van der Waals surface area contributed by atoms with Gasteiger partial charge in [0.1, 0.15) is 5.58 Å². The van der Waals surface area contributed by atoms with Crippen LogP contribution in [-0.4, -0.2) is 32.5 Å². The lowest BCUT2D eigenvalue weighted by atomic mass is 9.99. The topological polar surface area (TPSA) is 61.1 Å². The van der Waals surface area contributed by atoms with Crippen molar-refractivity contribution in [1.29, 1.82) is 0 Å². The average Bonchev–Trinajstić information content (AvgIpc) is 3.50. The van der Waals surface area contributed by atoms with Crippen molar-refractivity contribution in [3.8, 4) is 17.2 Å². The molecule has 0 aliphatic rings. The van der Waals surface area contributed by atoms with Crippen LogP contribution in [0.4, 0.5) is 0 Å². The molecular weight excluding hydrogens is 620 g/mol. The minimum Gasteiger partial charge on any atom is -0.493 e. The van der Waals surface area contributed by atoms with Gasteiger partial charge in [-0.2, -0.15) is 0 Å². The van der Waals surface area contributed by atoms with Gasteiger partial charge >= 0.3 is 0 Å². The van der Waals surface area contributed by atoms with Crippen molar-refractivity contribution in [2.45, 2.75) is 193 Å². The smallest absolute Gasteiger partial charge is 0.177 e. The third-order valence-electron chi connectivity index (χ3n) is 10.7. The standard InChI is InChI=1S/C45H74O5/c1-6-8-10-12-13-14-15-16-17-18-19-22-26-30-37-35-40-41(45(49-5)43(37)48-4)39-34-33-36(42(47-3)44(39)50-40)29-25-23-20-24-28-32-38(46)31-27-21-11-9-7-2/h33-35,38,46H,6-32H2,1-5H3. The van der Waals surface area contributed by atoms with Gasteiger partial charge in [0.2, 0.25) is 0 Å². The number of ether oxygens (including phenoxy) is 3. The molecule has 50 heavy (non-hydrogen) atoms. The summed E-state index contributed by atoms with van der Waals surface area (Å²) >= 11 is 0. The van der Waals surface area contributed by atoms with E-state index in [1.54, 1.807) is 21.3 Å². The van der Waals surface area contributed by atoms with Gasteiger partial charge in [0, 0.05) is 10.9 Å². The number of hydrogen-bond donors (Lipinski definition) is 1. The summed E-state index contributed by atoms with van der Waals surface area (Å²) in [6, 6.07) is 6.52. The van der Waals surface area contributed by atoms with E-state index in [1.807, 2.05) is 0 Å². The van der Waals surface area contributed by atoms with E-state index < -0.39 is 0 Å². The van der Waals surface area contributed by atoms with E-state index in [4.69, 9.17) is 18.6 Å². The maximum atomic E-state index is 10.3. The molecule has 1 N–H and O–H groups in total. The molecule has 284 valence electrons.